The summed E-state index contributed by atoms with van der Waals surface area (Å²) in [7, 11) is -0.399. The SMILES string of the molecule is C/C=C\[Si](C)c1ccccc1. The van der Waals surface area contributed by atoms with E-state index in [-0.39, 0.29) is 0 Å². The van der Waals surface area contributed by atoms with E-state index < -0.39 is 8.80 Å². The summed E-state index contributed by atoms with van der Waals surface area (Å²) >= 11 is 0. The molecule has 57 valence electrons. The van der Waals surface area contributed by atoms with Crippen molar-refractivity contribution in [3.05, 3.63) is 42.1 Å². The van der Waals surface area contributed by atoms with Crippen LogP contribution in [0.15, 0.2) is 42.1 Å². The molecule has 1 heteroatoms. The van der Waals surface area contributed by atoms with Crippen molar-refractivity contribution in [1.82, 2.24) is 0 Å². The average Bonchev–Trinajstić information content (AvgIpc) is 2.07. The smallest absolute Gasteiger partial charge is 0.0959 e. The maximum atomic E-state index is 2.31. The average molecular weight is 161 g/mol. The molecular weight excluding hydrogens is 148 g/mol. The molecule has 0 aliphatic carbocycles. The van der Waals surface area contributed by atoms with Gasteiger partial charge in [-0.05, 0) is 6.92 Å². The molecule has 1 aromatic rings. The van der Waals surface area contributed by atoms with Gasteiger partial charge in [0.05, 0.1) is 0 Å². The molecule has 0 atom stereocenters. The van der Waals surface area contributed by atoms with Crippen molar-refractivity contribution < 1.29 is 0 Å². The van der Waals surface area contributed by atoms with Gasteiger partial charge in [-0.2, -0.15) is 0 Å². The van der Waals surface area contributed by atoms with E-state index in [4.69, 9.17) is 0 Å². The van der Waals surface area contributed by atoms with E-state index in [2.05, 4.69) is 55.6 Å². The van der Waals surface area contributed by atoms with Crippen molar-refractivity contribution in [2.24, 2.45) is 0 Å². The monoisotopic (exact) mass is 161 g/mol. The molecule has 0 unspecified atom stereocenters. The van der Waals surface area contributed by atoms with Crippen molar-refractivity contribution in [2.75, 3.05) is 0 Å². The first kappa shape index (κ1) is 8.28. The maximum Gasteiger partial charge on any atom is 0.109 e. The molecule has 0 spiro atoms. The second-order valence-electron chi connectivity index (χ2n) is 2.55. The molecule has 0 heterocycles. The van der Waals surface area contributed by atoms with Crippen LogP contribution in [0.25, 0.3) is 0 Å². The molecule has 0 bridgehead atoms. The summed E-state index contributed by atoms with van der Waals surface area (Å²) in [6, 6.07) is 10.7. The highest BCUT2D eigenvalue weighted by Gasteiger charge is 2.00. The first-order chi connectivity index (χ1) is 5.34. The Balaban J connectivity index is 2.76. The van der Waals surface area contributed by atoms with E-state index in [0.29, 0.717) is 0 Å². The van der Waals surface area contributed by atoms with Gasteiger partial charge >= 0.3 is 0 Å². The van der Waals surface area contributed by atoms with Gasteiger partial charge in [0.25, 0.3) is 0 Å². The second-order valence-corrected chi connectivity index (χ2v) is 4.83. The summed E-state index contributed by atoms with van der Waals surface area (Å²) in [6.07, 6.45) is 2.14. The third-order valence-corrected chi connectivity index (χ3v) is 3.72. The summed E-state index contributed by atoms with van der Waals surface area (Å²) in [5.41, 5.74) is 2.31. The Morgan fingerprint density at radius 1 is 1.18 bits per heavy atom. The number of allylic oxidation sites excluding steroid dienone is 1. The zero-order valence-corrected chi connectivity index (χ0v) is 8.04. The predicted molar refractivity (Wildman–Crippen MR) is 52.5 cm³/mol. The largest absolute Gasteiger partial charge is 0.109 e. The minimum absolute atomic E-state index is 0.399. The van der Waals surface area contributed by atoms with Gasteiger partial charge in [-0.15, -0.1) is 0 Å². The Labute approximate surface area is 70.2 Å². The molecule has 11 heavy (non-hydrogen) atoms. The van der Waals surface area contributed by atoms with E-state index in [1.165, 1.54) is 5.19 Å². The molecule has 0 saturated carbocycles. The third-order valence-electron chi connectivity index (χ3n) is 1.65. The van der Waals surface area contributed by atoms with Crippen LogP contribution in [-0.2, 0) is 0 Å². The zero-order chi connectivity index (χ0) is 8.10. The Hall–Kier alpha value is -0.823. The Bertz CT molecular complexity index is 226. The van der Waals surface area contributed by atoms with Crippen LogP contribution in [0.1, 0.15) is 6.92 Å². The van der Waals surface area contributed by atoms with Crippen molar-refractivity contribution in [2.45, 2.75) is 13.5 Å². The number of hydrogen-bond acceptors (Lipinski definition) is 0. The molecule has 0 N–H and O–H groups in total. The molecule has 0 saturated heterocycles. The van der Waals surface area contributed by atoms with Crippen molar-refractivity contribution in [3.63, 3.8) is 0 Å². The zero-order valence-electron chi connectivity index (χ0n) is 7.04. The minimum Gasteiger partial charge on any atom is -0.0959 e. The van der Waals surface area contributed by atoms with Crippen LogP contribution in [-0.4, -0.2) is 8.80 Å². The van der Waals surface area contributed by atoms with Crippen molar-refractivity contribution >= 4 is 14.0 Å². The highest BCUT2D eigenvalue weighted by atomic mass is 28.3. The highest BCUT2D eigenvalue weighted by Crippen LogP contribution is 1.89. The Morgan fingerprint density at radius 3 is 2.36 bits per heavy atom. The van der Waals surface area contributed by atoms with Gasteiger partial charge in [-0.1, -0.05) is 53.8 Å². The van der Waals surface area contributed by atoms with Crippen LogP contribution in [0.2, 0.25) is 6.55 Å². The lowest BCUT2D eigenvalue weighted by Crippen LogP contribution is -2.23. The fourth-order valence-corrected chi connectivity index (χ4v) is 2.46. The summed E-state index contributed by atoms with van der Waals surface area (Å²) in [4.78, 5) is 0. The lowest BCUT2D eigenvalue weighted by atomic mass is 10.4. The molecular formula is C10H13Si. The summed E-state index contributed by atoms with van der Waals surface area (Å²) in [5.74, 6) is 0. The second kappa shape index (κ2) is 4.14. The van der Waals surface area contributed by atoms with Gasteiger partial charge < -0.3 is 0 Å². The van der Waals surface area contributed by atoms with E-state index in [1.54, 1.807) is 0 Å². The molecule has 1 radical (unpaired) electrons. The van der Waals surface area contributed by atoms with Gasteiger partial charge in [-0.3, -0.25) is 0 Å². The van der Waals surface area contributed by atoms with Gasteiger partial charge in [0.15, 0.2) is 0 Å². The lowest BCUT2D eigenvalue weighted by molar-refractivity contribution is 1.73. The first-order valence-electron chi connectivity index (χ1n) is 3.86. The third kappa shape index (κ3) is 2.35. The van der Waals surface area contributed by atoms with Crippen LogP contribution in [0.4, 0.5) is 0 Å². The number of hydrogen-bond donors (Lipinski definition) is 0. The van der Waals surface area contributed by atoms with Gasteiger partial charge in [0.2, 0.25) is 0 Å². The van der Waals surface area contributed by atoms with Crippen LogP contribution >= 0.6 is 0 Å². The first-order valence-corrected chi connectivity index (χ1v) is 5.94. The number of benzene rings is 1. The molecule has 0 aliphatic heterocycles. The molecule has 0 amide bonds. The molecule has 0 aliphatic rings. The lowest BCUT2D eigenvalue weighted by Gasteiger charge is -2.02. The molecule has 1 aromatic carbocycles. The fraction of sp³-hybridized carbons (Fsp3) is 0.200. The van der Waals surface area contributed by atoms with Crippen LogP contribution in [0.3, 0.4) is 0 Å². The minimum atomic E-state index is -0.399. The van der Waals surface area contributed by atoms with Crippen LogP contribution < -0.4 is 5.19 Å². The summed E-state index contributed by atoms with van der Waals surface area (Å²) in [6.45, 7) is 4.39. The standard InChI is InChI=1S/C10H13Si/c1-3-9-11(2)10-7-5-4-6-8-10/h3-9H,1-2H3/b9-3-. The quantitative estimate of drug-likeness (QED) is 0.583. The molecule has 0 fully saturated rings. The fourth-order valence-electron chi connectivity index (χ4n) is 1.05. The van der Waals surface area contributed by atoms with Gasteiger partial charge in [0.1, 0.15) is 8.80 Å². The van der Waals surface area contributed by atoms with E-state index in [9.17, 15) is 0 Å². The topological polar surface area (TPSA) is 0 Å². The van der Waals surface area contributed by atoms with Crippen LogP contribution in [0, 0.1) is 0 Å². The Kier molecular flexibility index (Phi) is 3.11. The van der Waals surface area contributed by atoms with E-state index in [0.717, 1.165) is 0 Å². The summed E-state index contributed by atoms with van der Waals surface area (Å²) < 4.78 is 0. The highest BCUT2D eigenvalue weighted by molar-refractivity contribution is 6.76. The van der Waals surface area contributed by atoms with Gasteiger partial charge in [0, 0.05) is 0 Å². The van der Waals surface area contributed by atoms with E-state index in [1.807, 2.05) is 0 Å². The van der Waals surface area contributed by atoms with Gasteiger partial charge in [-0.25, -0.2) is 0 Å². The van der Waals surface area contributed by atoms with Crippen molar-refractivity contribution in [3.8, 4) is 0 Å². The van der Waals surface area contributed by atoms with Crippen molar-refractivity contribution in [1.29, 1.82) is 0 Å². The molecule has 1 rings (SSSR count). The number of rotatable bonds is 2. The maximum absolute atomic E-state index is 2.31. The Morgan fingerprint density at radius 2 is 1.82 bits per heavy atom. The summed E-state index contributed by atoms with van der Waals surface area (Å²) in [5, 5.41) is 1.48. The van der Waals surface area contributed by atoms with E-state index >= 15 is 0 Å². The molecule has 0 nitrogen and oxygen atoms in total. The van der Waals surface area contributed by atoms with Crippen LogP contribution in [0.5, 0.6) is 0 Å². The molecule has 0 aromatic heterocycles. The predicted octanol–water partition coefficient (Wildman–Crippen LogP) is 2.13. The normalized spacial score (nSPS) is 11.2.